The second-order valence-electron chi connectivity index (χ2n) is 9.96. The molecule has 2 fully saturated rings. The molecule has 180 valence electrons. The number of carbonyl (C=O) groups excluding carboxylic acids is 1. The minimum Gasteiger partial charge on any atom is -0.383 e. The first-order valence-electron chi connectivity index (χ1n) is 11.7. The zero-order valence-electron chi connectivity index (χ0n) is 19.8. The van der Waals surface area contributed by atoms with Crippen molar-refractivity contribution in [2.45, 2.75) is 17.9 Å². The van der Waals surface area contributed by atoms with E-state index < -0.39 is 5.60 Å². The number of fused-ring (bicyclic) bond motifs is 2. The van der Waals surface area contributed by atoms with E-state index in [1.54, 1.807) is 30.5 Å². The molecule has 3 aliphatic rings. The molecule has 5 heterocycles. The number of amides is 1. The molecule has 3 aliphatic heterocycles. The minimum atomic E-state index is -0.970. The summed E-state index contributed by atoms with van der Waals surface area (Å²) < 4.78 is 10.7. The highest BCUT2D eigenvalue weighted by molar-refractivity contribution is 5.96. The Labute approximate surface area is 203 Å². The van der Waals surface area contributed by atoms with Crippen LogP contribution in [0.4, 0.5) is 11.6 Å². The largest absolute Gasteiger partial charge is 0.383 e. The van der Waals surface area contributed by atoms with Gasteiger partial charge in [-0.15, -0.1) is 0 Å². The molecule has 2 saturated heterocycles. The summed E-state index contributed by atoms with van der Waals surface area (Å²) in [5, 5.41) is 10.4. The SMILES string of the molecule is Cc1ccnc(-c2cnc(N3CC4(COC4)c4ccc(C(=O)N(C)CC5(O)COC5)cc43)nc2)c1. The van der Waals surface area contributed by atoms with Gasteiger partial charge in [-0.2, -0.15) is 0 Å². The summed E-state index contributed by atoms with van der Waals surface area (Å²) in [4.78, 5) is 30.5. The van der Waals surface area contributed by atoms with E-state index in [1.165, 1.54) is 0 Å². The monoisotopic (exact) mass is 473 g/mol. The summed E-state index contributed by atoms with van der Waals surface area (Å²) in [6.45, 7) is 4.69. The number of nitrogens with zero attached hydrogens (tertiary/aromatic N) is 5. The van der Waals surface area contributed by atoms with Crippen LogP contribution < -0.4 is 4.90 Å². The van der Waals surface area contributed by atoms with Gasteiger partial charge in [0.1, 0.15) is 5.60 Å². The lowest BCUT2D eigenvalue weighted by molar-refractivity contribution is -0.182. The van der Waals surface area contributed by atoms with Gasteiger partial charge in [-0.05, 0) is 42.3 Å². The first-order chi connectivity index (χ1) is 16.9. The summed E-state index contributed by atoms with van der Waals surface area (Å²) in [7, 11) is 1.70. The molecule has 1 N–H and O–H groups in total. The Morgan fingerprint density at radius 2 is 1.83 bits per heavy atom. The van der Waals surface area contributed by atoms with Gasteiger partial charge in [0.15, 0.2) is 0 Å². The van der Waals surface area contributed by atoms with Crippen LogP contribution in [0.5, 0.6) is 0 Å². The molecule has 1 aromatic carbocycles. The summed E-state index contributed by atoms with van der Waals surface area (Å²) in [6, 6.07) is 9.74. The first-order valence-corrected chi connectivity index (χ1v) is 11.7. The summed E-state index contributed by atoms with van der Waals surface area (Å²) in [6.07, 6.45) is 5.36. The topological polar surface area (TPSA) is 101 Å². The lowest BCUT2D eigenvalue weighted by Gasteiger charge is -2.39. The van der Waals surface area contributed by atoms with Crippen molar-refractivity contribution >= 4 is 17.5 Å². The van der Waals surface area contributed by atoms with E-state index in [1.807, 2.05) is 37.3 Å². The van der Waals surface area contributed by atoms with Crippen molar-refractivity contribution in [3.8, 4) is 11.3 Å². The van der Waals surface area contributed by atoms with Crippen molar-refractivity contribution < 1.29 is 19.4 Å². The highest BCUT2D eigenvalue weighted by atomic mass is 16.5. The maximum absolute atomic E-state index is 13.2. The van der Waals surface area contributed by atoms with Crippen LogP contribution in [0.15, 0.2) is 48.9 Å². The fourth-order valence-electron chi connectivity index (χ4n) is 5.03. The van der Waals surface area contributed by atoms with Crippen LogP contribution in [0.1, 0.15) is 21.5 Å². The van der Waals surface area contributed by atoms with Crippen LogP contribution in [0, 0.1) is 6.92 Å². The van der Waals surface area contributed by atoms with Crippen LogP contribution in [0.3, 0.4) is 0 Å². The third kappa shape index (κ3) is 3.76. The predicted octanol–water partition coefficient (Wildman–Crippen LogP) is 2.10. The fourth-order valence-corrected chi connectivity index (χ4v) is 5.03. The molecule has 2 aromatic heterocycles. The van der Waals surface area contributed by atoms with Gasteiger partial charge in [-0.1, -0.05) is 6.07 Å². The van der Waals surface area contributed by atoms with E-state index in [9.17, 15) is 9.90 Å². The Morgan fingerprint density at radius 1 is 1.09 bits per heavy atom. The first kappa shape index (κ1) is 22.1. The predicted molar refractivity (Wildman–Crippen MR) is 129 cm³/mol. The highest BCUT2D eigenvalue weighted by Gasteiger charge is 2.49. The van der Waals surface area contributed by atoms with E-state index >= 15 is 0 Å². The second kappa shape index (κ2) is 8.08. The van der Waals surface area contributed by atoms with E-state index in [2.05, 4.69) is 19.9 Å². The third-order valence-electron chi connectivity index (χ3n) is 7.03. The van der Waals surface area contributed by atoms with Crippen LogP contribution in [-0.2, 0) is 14.9 Å². The number of aryl methyl sites for hydroxylation is 1. The van der Waals surface area contributed by atoms with Crippen molar-refractivity contribution in [2.24, 2.45) is 0 Å². The lowest BCUT2D eigenvalue weighted by Crippen LogP contribution is -2.57. The van der Waals surface area contributed by atoms with Gasteiger partial charge < -0.3 is 24.4 Å². The van der Waals surface area contributed by atoms with Crippen LogP contribution >= 0.6 is 0 Å². The number of benzene rings is 1. The van der Waals surface area contributed by atoms with Gasteiger partial charge >= 0.3 is 0 Å². The number of anilines is 2. The normalized spacial score (nSPS) is 19.1. The molecule has 0 saturated carbocycles. The average molecular weight is 474 g/mol. The molecule has 0 unspecified atom stereocenters. The van der Waals surface area contributed by atoms with Crippen molar-refractivity contribution in [1.82, 2.24) is 19.9 Å². The Bertz CT molecular complexity index is 1290. The number of likely N-dealkylation sites (N-methyl/N-ethyl adjacent to an activating group) is 1. The van der Waals surface area contributed by atoms with Gasteiger partial charge in [0.25, 0.3) is 5.91 Å². The number of rotatable bonds is 5. The molecular formula is C26H27N5O4. The molecule has 0 atom stereocenters. The number of aliphatic hydroxyl groups is 1. The molecular weight excluding hydrogens is 446 g/mol. The van der Waals surface area contributed by atoms with E-state index in [4.69, 9.17) is 9.47 Å². The maximum atomic E-state index is 13.2. The summed E-state index contributed by atoms with van der Waals surface area (Å²) in [5.74, 6) is 0.422. The lowest BCUT2D eigenvalue weighted by atomic mass is 9.80. The van der Waals surface area contributed by atoms with Crippen LogP contribution in [-0.4, -0.2) is 83.0 Å². The maximum Gasteiger partial charge on any atom is 0.253 e. The number of hydrogen-bond acceptors (Lipinski definition) is 8. The molecule has 0 radical (unpaired) electrons. The molecule has 1 amide bonds. The van der Waals surface area contributed by atoms with Crippen LogP contribution in [0.25, 0.3) is 11.3 Å². The number of pyridine rings is 1. The Morgan fingerprint density at radius 3 is 2.46 bits per heavy atom. The molecule has 1 spiro atoms. The fraction of sp³-hybridized carbons (Fsp3) is 0.385. The van der Waals surface area contributed by atoms with E-state index in [0.29, 0.717) is 31.3 Å². The number of carbonyl (C=O) groups is 1. The van der Waals surface area contributed by atoms with Crippen molar-refractivity contribution in [3.63, 3.8) is 0 Å². The molecule has 9 nitrogen and oxygen atoms in total. The Balaban J connectivity index is 1.30. The average Bonchev–Trinajstić information content (AvgIpc) is 3.18. The van der Waals surface area contributed by atoms with Gasteiger partial charge in [-0.25, -0.2) is 9.97 Å². The number of ether oxygens (including phenoxy) is 2. The molecule has 0 bridgehead atoms. The van der Waals surface area contributed by atoms with Crippen molar-refractivity contribution in [3.05, 3.63) is 65.6 Å². The smallest absolute Gasteiger partial charge is 0.253 e. The highest BCUT2D eigenvalue weighted by Crippen LogP contribution is 2.48. The molecule has 6 rings (SSSR count). The molecule has 9 heteroatoms. The number of aromatic nitrogens is 3. The van der Waals surface area contributed by atoms with Crippen LogP contribution in [0.2, 0.25) is 0 Å². The Hall–Kier alpha value is -3.40. The van der Waals surface area contributed by atoms with Gasteiger partial charge in [0.05, 0.1) is 44.1 Å². The van der Waals surface area contributed by atoms with E-state index in [0.717, 1.165) is 28.1 Å². The minimum absolute atomic E-state index is 0.124. The summed E-state index contributed by atoms with van der Waals surface area (Å²) >= 11 is 0. The second-order valence-corrected chi connectivity index (χ2v) is 9.96. The standard InChI is InChI=1S/C26H27N5O4/c1-17-5-6-27-21(7-17)19-9-28-24(29-10-19)31-11-25(13-34-14-25)20-4-3-18(8-22(20)31)23(32)30(2)12-26(33)15-35-16-26/h3-10,33H,11-16H2,1-2H3. The Kier molecular flexibility index (Phi) is 5.10. The third-order valence-corrected chi connectivity index (χ3v) is 7.03. The van der Waals surface area contributed by atoms with Gasteiger partial charge in [0.2, 0.25) is 5.95 Å². The quantitative estimate of drug-likeness (QED) is 0.601. The van der Waals surface area contributed by atoms with Gasteiger partial charge in [-0.3, -0.25) is 9.78 Å². The van der Waals surface area contributed by atoms with Gasteiger partial charge in [0, 0.05) is 49.0 Å². The summed E-state index contributed by atoms with van der Waals surface area (Å²) in [5.41, 5.74) is 4.32. The molecule has 35 heavy (non-hydrogen) atoms. The zero-order chi connectivity index (χ0) is 24.2. The van der Waals surface area contributed by atoms with Crippen molar-refractivity contribution in [2.75, 3.05) is 51.5 Å². The van der Waals surface area contributed by atoms with Crippen molar-refractivity contribution in [1.29, 1.82) is 0 Å². The molecule has 3 aromatic rings. The number of hydrogen-bond donors (Lipinski definition) is 1. The zero-order valence-corrected chi connectivity index (χ0v) is 19.8. The van der Waals surface area contributed by atoms with E-state index in [-0.39, 0.29) is 31.1 Å². The molecule has 0 aliphatic carbocycles.